The fraction of sp³-hybridized carbons (Fsp3) is 0.385. The molecule has 0 unspecified atom stereocenters. The highest BCUT2D eigenvalue weighted by Crippen LogP contribution is 2.45. The molecule has 1 saturated carbocycles. The van der Waals surface area contributed by atoms with Crippen LogP contribution in [0.4, 0.5) is 8.78 Å². The number of esters is 1. The summed E-state index contributed by atoms with van der Waals surface area (Å²) in [5, 5.41) is 11.5. The lowest BCUT2D eigenvalue weighted by Gasteiger charge is -2.27. The van der Waals surface area contributed by atoms with Crippen LogP contribution in [0.2, 0.25) is 0 Å². The normalized spacial score (nSPS) is 16.5. The summed E-state index contributed by atoms with van der Waals surface area (Å²) in [7, 11) is 0. The van der Waals surface area contributed by atoms with E-state index in [1.54, 1.807) is 19.1 Å². The van der Waals surface area contributed by atoms with Crippen molar-refractivity contribution in [3.63, 3.8) is 0 Å². The van der Waals surface area contributed by atoms with E-state index >= 15 is 0 Å². The smallest absolute Gasteiger partial charge is 0.341 e. The van der Waals surface area contributed by atoms with Crippen LogP contribution in [0.3, 0.4) is 0 Å². The number of halogens is 2. The molecule has 3 aromatic rings. The van der Waals surface area contributed by atoms with Crippen LogP contribution < -0.4 is 0 Å². The lowest BCUT2D eigenvalue weighted by atomic mass is 10.00. The topological polar surface area (TPSA) is 63.9 Å². The molecule has 0 atom stereocenters. The molecule has 0 spiro atoms. The molecule has 35 heavy (non-hydrogen) atoms. The lowest BCUT2D eigenvalue weighted by Crippen LogP contribution is -2.35. The van der Waals surface area contributed by atoms with Gasteiger partial charge in [-0.15, -0.1) is 0 Å². The van der Waals surface area contributed by atoms with E-state index in [1.165, 1.54) is 6.07 Å². The molecule has 9 heteroatoms. The van der Waals surface area contributed by atoms with Gasteiger partial charge in [-0.1, -0.05) is 18.3 Å². The summed E-state index contributed by atoms with van der Waals surface area (Å²) in [5.74, 6) is -2.47. The fourth-order valence-corrected chi connectivity index (χ4v) is 5.04. The first-order valence-corrected chi connectivity index (χ1v) is 12.2. The highest BCUT2D eigenvalue weighted by molar-refractivity contribution is 7.81. The van der Waals surface area contributed by atoms with E-state index in [1.807, 2.05) is 4.57 Å². The Morgan fingerprint density at radius 1 is 1.17 bits per heavy atom. The van der Waals surface area contributed by atoms with Gasteiger partial charge in [0.05, 0.1) is 41.5 Å². The maximum atomic E-state index is 14.1. The van der Waals surface area contributed by atoms with Gasteiger partial charge in [0.2, 0.25) is 0 Å². The van der Waals surface area contributed by atoms with Crippen LogP contribution in [0, 0.1) is 11.6 Å². The van der Waals surface area contributed by atoms with Crippen LogP contribution in [-0.4, -0.2) is 58.3 Å². The third kappa shape index (κ3) is 4.44. The first kappa shape index (κ1) is 23.8. The van der Waals surface area contributed by atoms with Crippen molar-refractivity contribution in [1.82, 2.24) is 9.47 Å². The van der Waals surface area contributed by atoms with Crippen molar-refractivity contribution in [2.45, 2.75) is 32.4 Å². The van der Waals surface area contributed by atoms with Crippen molar-refractivity contribution in [3.05, 3.63) is 64.4 Å². The zero-order valence-corrected chi connectivity index (χ0v) is 20.2. The lowest BCUT2D eigenvalue weighted by molar-refractivity contribution is 0.0340. The number of phenolic OH excluding ortho intramolecular Hbond substituents is 1. The number of hydrogen-bond acceptors (Lipinski definition) is 6. The summed E-state index contributed by atoms with van der Waals surface area (Å²) < 4.78 is 40.6. The molecule has 2 heterocycles. The van der Waals surface area contributed by atoms with Crippen LogP contribution >= 0.6 is 12.2 Å². The summed E-state index contributed by atoms with van der Waals surface area (Å²) >= 11 is 5.79. The zero-order chi connectivity index (χ0) is 24.7. The molecular formula is C26H26F2N2O4S. The van der Waals surface area contributed by atoms with Gasteiger partial charge in [0.1, 0.15) is 5.75 Å². The van der Waals surface area contributed by atoms with Crippen molar-refractivity contribution in [2.24, 2.45) is 0 Å². The Bertz CT molecular complexity index is 1310. The Labute approximate surface area is 207 Å². The number of nitrogens with zero attached hydrogens (tertiary/aromatic N) is 2. The van der Waals surface area contributed by atoms with E-state index in [0.29, 0.717) is 55.1 Å². The van der Waals surface area contributed by atoms with E-state index in [9.17, 15) is 18.7 Å². The SMILES string of the molecule is CCOC(=O)c1c(C(=S)c2ccc(F)c(F)c2)n(C2CC2)c2ccc(O)c(CN3CCOCC3)c12. The minimum Gasteiger partial charge on any atom is -0.508 e. The molecule has 1 saturated heterocycles. The van der Waals surface area contributed by atoms with Crippen molar-refractivity contribution in [2.75, 3.05) is 32.9 Å². The van der Waals surface area contributed by atoms with Crippen LogP contribution in [-0.2, 0) is 16.0 Å². The number of hydrogen-bond donors (Lipinski definition) is 1. The summed E-state index contributed by atoms with van der Waals surface area (Å²) in [4.78, 5) is 15.8. The summed E-state index contributed by atoms with van der Waals surface area (Å²) in [6.07, 6.45) is 1.80. The van der Waals surface area contributed by atoms with Crippen molar-refractivity contribution >= 4 is 34.0 Å². The number of thiocarbonyl (C=S) groups is 1. The molecule has 1 aliphatic heterocycles. The Balaban J connectivity index is 1.76. The van der Waals surface area contributed by atoms with E-state index in [-0.39, 0.29) is 28.8 Å². The Kier molecular flexibility index (Phi) is 6.57. The second-order valence-electron chi connectivity index (χ2n) is 8.85. The number of benzene rings is 2. The number of carbonyl (C=O) groups excluding carboxylic acids is 1. The van der Waals surface area contributed by atoms with Gasteiger partial charge < -0.3 is 19.1 Å². The Morgan fingerprint density at radius 2 is 1.91 bits per heavy atom. The van der Waals surface area contributed by atoms with E-state index in [4.69, 9.17) is 21.7 Å². The number of morpholine rings is 1. The van der Waals surface area contributed by atoms with Crippen molar-refractivity contribution in [3.8, 4) is 5.75 Å². The fourth-order valence-electron chi connectivity index (χ4n) is 4.72. The van der Waals surface area contributed by atoms with E-state index < -0.39 is 17.6 Å². The largest absolute Gasteiger partial charge is 0.508 e. The van der Waals surface area contributed by atoms with Crippen LogP contribution in [0.1, 0.15) is 53.0 Å². The summed E-state index contributed by atoms with van der Waals surface area (Å²) in [6, 6.07) is 7.02. The second-order valence-corrected chi connectivity index (χ2v) is 9.26. The molecule has 184 valence electrons. The monoisotopic (exact) mass is 500 g/mol. The van der Waals surface area contributed by atoms with Crippen molar-refractivity contribution < 1.29 is 28.2 Å². The molecule has 0 amide bonds. The molecule has 1 aliphatic carbocycles. The average molecular weight is 501 g/mol. The molecule has 6 nitrogen and oxygen atoms in total. The number of aromatic nitrogens is 1. The predicted molar refractivity (Wildman–Crippen MR) is 131 cm³/mol. The summed E-state index contributed by atoms with van der Waals surface area (Å²) in [6.45, 7) is 4.89. The quantitative estimate of drug-likeness (QED) is 0.287. The van der Waals surface area contributed by atoms with Gasteiger partial charge in [0.15, 0.2) is 11.6 Å². The van der Waals surface area contributed by atoms with Gasteiger partial charge in [-0.25, -0.2) is 13.6 Å². The standard InChI is InChI=1S/C26H26F2N2O4S/c1-2-34-26(32)23-22-17(14-29-9-11-33-12-10-29)21(31)8-7-20(22)30(16-4-5-16)24(23)25(35)15-3-6-18(27)19(28)13-15/h3,6-8,13,16,31H,2,4-5,9-12,14H2,1H3. The van der Waals surface area contributed by atoms with Crippen LogP contribution in [0.15, 0.2) is 30.3 Å². The van der Waals surface area contributed by atoms with Crippen LogP contribution in [0.5, 0.6) is 5.75 Å². The number of fused-ring (bicyclic) bond motifs is 1. The van der Waals surface area contributed by atoms with E-state index in [0.717, 1.165) is 30.5 Å². The van der Waals surface area contributed by atoms with Crippen molar-refractivity contribution in [1.29, 1.82) is 0 Å². The maximum Gasteiger partial charge on any atom is 0.341 e. The maximum absolute atomic E-state index is 14.1. The number of carbonyl (C=O) groups is 1. The number of aromatic hydroxyl groups is 1. The predicted octanol–water partition coefficient (Wildman–Crippen LogP) is 4.74. The van der Waals surface area contributed by atoms with Gasteiger partial charge >= 0.3 is 5.97 Å². The van der Waals surface area contributed by atoms with E-state index in [2.05, 4.69) is 4.90 Å². The molecule has 5 rings (SSSR count). The molecule has 0 bridgehead atoms. The third-order valence-corrected chi connectivity index (χ3v) is 6.96. The number of phenols is 1. The minimum absolute atomic E-state index is 0.0767. The highest BCUT2D eigenvalue weighted by Gasteiger charge is 2.36. The Morgan fingerprint density at radius 3 is 2.57 bits per heavy atom. The van der Waals surface area contributed by atoms with Gasteiger partial charge in [-0.05, 0) is 49.6 Å². The highest BCUT2D eigenvalue weighted by atomic mass is 32.1. The van der Waals surface area contributed by atoms with Gasteiger partial charge in [0.25, 0.3) is 0 Å². The number of rotatable bonds is 7. The first-order valence-electron chi connectivity index (χ1n) is 11.8. The molecule has 2 aliphatic rings. The molecule has 1 aromatic heterocycles. The third-order valence-electron chi connectivity index (χ3n) is 6.53. The summed E-state index contributed by atoms with van der Waals surface area (Å²) in [5.41, 5.74) is 2.37. The van der Waals surface area contributed by atoms with Gasteiger partial charge in [0, 0.05) is 36.6 Å². The first-order chi connectivity index (χ1) is 16.9. The molecule has 1 N–H and O–H groups in total. The second kappa shape index (κ2) is 9.64. The molecular weight excluding hydrogens is 474 g/mol. The van der Waals surface area contributed by atoms with Gasteiger partial charge in [-0.2, -0.15) is 0 Å². The molecule has 2 fully saturated rings. The average Bonchev–Trinajstić information content (AvgIpc) is 3.63. The minimum atomic E-state index is -1.01. The molecule has 2 aromatic carbocycles. The zero-order valence-electron chi connectivity index (χ0n) is 19.4. The Hall–Kier alpha value is -2.88. The van der Waals surface area contributed by atoms with Gasteiger partial charge in [-0.3, -0.25) is 4.90 Å². The molecule has 0 radical (unpaired) electrons. The number of ether oxygens (including phenoxy) is 2. The van der Waals surface area contributed by atoms with Crippen LogP contribution in [0.25, 0.3) is 10.9 Å².